The average molecular weight is 166 g/mol. The van der Waals surface area contributed by atoms with Crippen molar-refractivity contribution >= 4 is 7.85 Å². The maximum absolute atomic E-state index is 12.2. The van der Waals surface area contributed by atoms with Crippen molar-refractivity contribution in [1.29, 1.82) is 0 Å². The number of hydrogen-bond donors (Lipinski definition) is 1. The van der Waals surface area contributed by atoms with Crippen LogP contribution in [0.25, 0.3) is 0 Å². The van der Waals surface area contributed by atoms with Crippen LogP contribution in [0.2, 0.25) is 6.32 Å². The Bertz CT molecular complexity index is 152. The number of hydrogen-bond acceptors (Lipinski definition) is 1. The number of alkyl halides is 3. The minimum atomic E-state index is -4.22. The Kier molecular flexibility index (Phi) is 1.95. The van der Waals surface area contributed by atoms with Gasteiger partial charge in [-0.1, -0.05) is 6.32 Å². The van der Waals surface area contributed by atoms with E-state index in [2.05, 4.69) is 0 Å². The molecule has 1 aliphatic carbocycles. The average Bonchev–Trinajstić information content (AvgIpc) is 2.63. The lowest BCUT2D eigenvalue weighted by Gasteiger charge is -2.23. The Morgan fingerprint density at radius 1 is 1.45 bits per heavy atom. The van der Waals surface area contributed by atoms with E-state index in [9.17, 15) is 13.2 Å². The van der Waals surface area contributed by atoms with E-state index >= 15 is 0 Å². The summed E-state index contributed by atoms with van der Waals surface area (Å²) in [5.41, 5.74) is -1.75. The molecule has 0 spiro atoms. The molecule has 1 unspecified atom stereocenters. The van der Waals surface area contributed by atoms with Crippen LogP contribution in [0.5, 0.6) is 0 Å². The zero-order valence-electron chi connectivity index (χ0n) is 6.28. The second-order valence-corrected chi connectivity index (χ2v) is 3.08. The van der Waals surface area contributed by atoms with E-state index in [0.29, 0.717) is 0 Å². The lowest BCUT2D eigenvalue weighted by atomic mass is 9.87. The van der Waals surface area contributed by atoms with Crippen LogP contribution in [0.4, 0.5) is 13.2 Å². The van der Waals surface area contributed by atoms with Crippen LogP contribution in [0, 0.1) is 5.41 Å². The summed E-state index contributed by atoms with van der Waals surface area (Å²) in [6.07, 6.45) is -5.07. The zero-order valence-corrected chi connectivity index (χ0v) is 6.28. The van der Waals surface area contributed by atoms with Crippen molar-refractivity contribution in [3.8, 4) is 0 Å². The van der Waals surface area contributed by atoms with Crippen LogP contribution in [0.15, 0.2) is 0 Å². The minimum absolute atomic E-state index is 0.0888. The molecule has 1 N–H and O–H groups in total. The second kappa shape index (κ2) is 2.40. The second-order valence-electron chi connectivity index (χ2n) is 3.08. The molecule has 0 aliphatic heterocycles. The highest BCUT2D eigenvalue weighted by Gasteiger charge is 2.66. The third-order valence-corrected chi connectivity index (χ3v) is 2.38. The Balaban J connectivity index is 2.68. The molecule has 0 bridgehead atoms. The van der Waals surface area contributed by atoms with Crippen molar-refractivity contribution in [2.75, 3.05) is 0 Å². The molecular weight excluding hydrogens is 156 g/mol. The Morgan fingerprint density at radius 3 is 2.00 bits per heavy atom. The molecule has 0 aromatic rings. The maximum Gasteiger partial charge on any atom is 0.396 e. The fourth-order valence-corrected chi connectivity index (χ4v) is 1.33. The van der Waals surface area contributed by atoms with Crippen molar-refractivity contribution in [3.63, 3.8) is 0 Å². The molecule has 1 aliphatic rings. The molecule has 64 valence electrons. The van der Waals surface area contributed by atoms with E-state index in [1.165, 1.54) is 0 Å². The number of halogens is 3. The Morgan fingerprint density at radius 2 is 1.91 bits per heavy atom. The highest BCUT2D eigenvalue weighted by molar-refractivity contribution is 6.08. The van der Waals surface area contributed by atoms with Gasteiger partial charge in [-0.05, 0) is 12.8 Å². The first kappa shape index (κ1) is 8.91. The summed E-state index contributed by atoms with van der Waals surface area (Å²) in [4.78, 5) is 0. The van der Waals surface area contributed by atoms with Crippen LogP contribution < -0.4 is 0 Å². The van der Waals surface area contributed by atoms with E-state index < -0.39 is 17.7 Å². The first-order valence-corrected chi connectivity index (χ1v) is 3.69. The first-order chi connectivity index (χ1) is 4.94. The lowest BCUT2D eigenvalue weighted by molar-refractivity contribution is -0.211. The van der Waals surface area contributed by atoms with Crippen LogP contribution in [0.1, 0.15) is 12.8 Å². The van der Waals surface area contributed by atoms with Gasteiger partial charge in [0.1, 0.15) is 7.85 Å². The standard InChI is InChI=1S/C6H10BF3O/c7-3-4(11)5(1-2-5)6(8,9)10/h4,11H,1-3,7H2. The van der Waals surface area contributed by atoms with Crippen molar-refractivity contribution in [2.45, 2.75) is 31.4 Å². The van der Waals surface area contributed by atoms with Gasteiger partial charge in [0.05, 0.1) is 11.5 Å². The molecule has 1 nitrogen and oxygen atoms in total. The van der Waals surface area contributed by atoms with Gasteiger partial charge >= 0.3 is 6.18 Å². The van der Waals surface area contributed by atoms with Crippen molar-refractivity contribution < 1.29 is 18.3 Å². The summed E-state index contributed by atoms with van der Waals surface area (Å²) in [5, 5.41) is 9.06. The van der Waals surface area contributed by atoms with E-state index in [-0.39, 0.29) is 19.2 Å². The van der Waals surface area contributed by atoms with Gasteiger partial charge in [0.15, 0.2) is 0 Å². The van der Waals surface area contributed by atoms with Gasteiger partial charge in [0.2, 0.25) is 0 Å². The van der Waals surface area contributed by atoms with E-state index in [1.54, 1.807) is 7.85 Å². The third-order valence-electron chi connectivity index (χ3n) is 2.38. The molecule has 5 heteroatoms. The van der Waals surface area contributed by atoms with Crippen molar-refractivity contribution in [2.24, 2.45) is 5.41 Å². The van der Waals surface area contributed by atoms with Gasteiger partial charge in [-0.15, -0.1) is 0 Å². The normalized spacial score (nSPS) is 24.7. The molecule has 1 fully saturated rings. The quantitative estimate of drug-likeness (QED) is 0.599. The summed E-state index contributed by atoms with van der Waals surface area (Å²) < 4.78 is 36.5. The number of aliphatic hydroxyl groups is 1. The molecule has 1 saturated carbocycles. The number of rotatable bonds is 2. The van der Waals surface area contributed by atoms with Crippen LogP contribution in [-0.4, -0.2) is 25.2 Å². The topological polar surface area (TPSA) is 20.2 Å². The predicted octanol–water partition coefficient (Wildman–Crippen LogP) is 0.741. The van der Waals surface area contributed by atoms with E-state index in [1.807, 2.05) is 0 Å². The highest BCUT2D eigenvalue weighted by Crippen LogP contribution is 2.60. The van der Waals surface area contributed by atoms with Gasteiger partial charge in [0.25, 0.3) is 0 Å². The lowest BCUT2D eigenvalue weighted by Crippen LogP contribution is -2.35. The molecule has 0 aromatic heterocycles. The Labute approximate surface area is 64.0 Å². The van der Waals surface area contributed by atoms with Gasteiger partial charge < -0.3 is 5.11 Å². The molecule has 0 aromatic carbocycles. The van der Waals surface area contributed by atoms with Crippen LogP contribution in [0.3, 0.4) is 0 Å². The summed E-state index contributed by atoms with van der Waals surface area (Å²) in [7, 11) is 1.57. The zero-order chi connectivity index (χ0) is 8.70. The molecular formula is C6H10BF3O. The largest absolute Gasteiger partial charge is 0.396 e. The summed E-state index contributed by atoms with van der Waals surface area (Å²) in [6, 6.07) is 0. The van der Waals surface area contributed by atoms with Crippen molar-refractivity contribution in [3.05, 3.63) is 0 Å². The maximum atomic E-state index is 12.2. The molecule has 0 amide bonds. The van der Waals surface area contributed by atoms with Gasteiger partial charge in [-0.3, -0.25) is 0 Å². The van der Waals surface area contributed by atoms with Gasteiger partial charge in [-0.25, -0.2) is 0 Å². The minimum Gasteiger partial charge on any atom is -0.393 e. The summed E-state index contributed by atoms with van der Waals surface area (Å²) >= 11 is 0. The molecule has 0 heterocycles. The molecule has 0 saturated heterocycles. The van der Waals surface area contributed by atoms with Crippen molar-refractivity contribution in [1.82, 2.24) is 0 Å². The molecule has 1 rings (SSSR count). The molecule has 1 atom stereocenters. The fraction of sp³-hybridized carbons (Fsp3) is 1.00. The predicted molar refractivity (Wildman–Crippen MR) is 37.1 cm³/mol. The van der Waals surface area contributed by atoms with E-state index in [4.69, 9.17) is 5.11 Å². The third kappa shape index (κ3) is 1.26. The Hall–Kier alpha value is -0.185. The summed E-state index contributed by atoms with van der Waals surface area (Å²) in [5.74, 6) is 0. The first-order valence-electron chi connectivity index (χ1n) is 3.69. The van der Waals surface area contributed by atoms with Gasteiger partial charge in [0, 0.05) is 0 Å². The van der Waals surface area contributed by atoms with Gasteiger partial charge in [-0.2, -0.15) is 13.2 Å². The van der Waals surface area contributed by atoms with Crippen LogP contribution >= 0.6 is 0 Å². The monoisotopic (exact) mass is 166 g/mol. The molecule has 0 radical (unpaired) electrons. The molecule has 11 heavy (non-hydrogen) atoms. The fourth-order valence-electron chi connectivity index (χ4n) is 1.33. The highest BCUT2D eigenvalue weighted by atomic mass is 19.4. The van der Waals surface area contributed by atoms with E-state index in [0.717, 1.165) is 0 Å². The van der Waals surface area contributed by atoms with Crippen LogP contribution in [-0.2, 0) is 0 Å². The smallest absolute Gasteiger partial charge is 0.393 e. The SMILES string of the molecule is BCC(O)C1(C(F)(F)F)CC1. The summed E-state index contributed by atoms with van der Waals surface area (Å²) in [6.45, 7) is 0. The number of aliphatic hydroxyl groups excluding tert-OH is 1.